The van der Waals surface area contributed by atoms with Crippen LogP contribution in [0.15, 0.2) is 23.4 Å². The van der Waals surface area contributed by atoms with Gasteiger partial charge >= 0.3 is 0 Å². The molecule has 0 saturated carbocycles. The van der Waals surface area contributed by atoms with Crippen LogP contribution in [0.3, 0.4) is 0 Å². The average molecular weight is 345 g/mol. The van der Waals surface area contributed by atoms with Gasteiger partial charge in [-0.15, -0.1) is 5.10 Å². The standard InChI is InChI=1S/C17H23N5OS/c1-12-7-9-21(10-8-12)16(23)11-24-17-18-19-20-22(17)15-6-4-5-13(2)14(15)3/h4-6,12H,7-11H2,1-3H3. The van der Waals surface area contributed by atoms with Gasteiger partial charge in [0, 0.05) is 13.1 Å². The van der Waals surface area contributed by atoms with E-state index in [1.165, 1.54) is 17.3 Å². The third-order valence-electron chi connectivity index (χ3n) is 4.71. The number of nitrogens with zero attached hydrogens (tertiary/aromatic N) is 5. The van der Waals surface area contributed by atoms with E-state index in [1.807, 2.05) is 17.0 Å². The van der Waals surface area contributed by atoms with Crippen molar-refractivity contribution >= 4 is 17.7 Å². The number of aromatic nitrogens is 4. The maximum absolute atomic E-state index is 12.4. The molecular weight excluding hydrogens is 322 g/mol. The number of thioether (sulfide) groups is 1. The molecule has 1 aliphatic heterocycles. The molecule has 1 amide bonds. The highest BCUT2D eigenvalue weighted by atomic mass is 32.2. The number of carbonyl (C=O) groups is 1. The summed E-state index contributed by atoms with van der Waals surface area (Å²) >= 11 is 1.40. The summed E-state index contributed by atoms with van der Waals surface area (Å²) in [5, 5.41) is 12.6. The first-order chi connectivity index (χ1) is 11.6. The van der Waals surface area contributed by atoms with Crippen molar-refractivity contribution in [1.82, 2.24) is 25.1 Å². The van der Waals surface area contributed by atoms with Crippen molar-refractivity contribution < 1.29 is 4.79 Å². The van der Waals surface area contributed by atoms with E-state index in [-0.39, 0.29) is 5.91 Å². The fourth-order valence-corrected chi connectivity index (χ4v) is 3.65. The Bertz CT molecular complexity index is 722. The minimum atomic E-state index is 0.169. The third-order valence-corrected chi connectivity index (χ3v) is 5.61. The van der Waals surface area contributed by atoms with Crippen molar-refractivity contribution in [2.45, 2.75) is 38.8 Å². The van der Waals surface area contributed by atoms with E-state index < -0.39 is 0 Å². The molecule has 0 N–H and O–H groups in total. The summed E-state index contributed by atoms with van der Waals surface area (Å²) in [7, 11) is 0. The second kappa shape index (κ2) is 7.34. The second-order valence-corrected chi connectivity index (χ2v) is 7.39. The highest BCUT2D eigenvalue weighted by molar-refractivity contribution is 7.99. The first-order valence-electron chi connectivity index (χ1n) is 8.32. The van der Waals surface area contributed by atoms with Crippen LogP contribution >= 0.6 is 11.8 Å². The highest BCUT2D eigenvalue weighted by Gasteiger charge is 2.21. The van der Waals surface area contributed by atoms with Crippen LogP contribution in [0.4, 0.5) is 0 Å². The van der Waals surface area contributed by atoms with E-state index in [2.05, 4.69) is 42.4 Å². The Labute approximate surface area is 146 Å². The molecular formula is C17H23N5OS. The summed E-state index contributed by atoms with van der Waals surface area (Å²) in [6.45, 7) is 8.09. The van der Waals surface area contributed by atoms with Gasteiger partial charge in [0.25, 0.3) is 0 Å². The van der Waals surface area contributed by atoms with Gasteiger partial charge < -0.3 is 4.90 Å². The molecule has 128 valence electrons. The van der Waals surface area contributed by atoms with Gasteiger partial charge in [-0.2, -0.15) is 4.68 Å². The van der Waals surface area contributed by atoms with Gasteiger partial charge in [0.05, 0.1) is 11.4 Å². The number of rotatable bonds is 4. The maximum Gasteiger partial charge on any atom is 0.233 e. The smallest absolute Gasteiger partial charge is 0.233 e. The van der Waals surface area contributed by atoms with Crippen LogP contribution in [0, 0.1) is 19.8 Å². The molecule has 0 atom stereocenters. The molecule has 2 heterocycles. The first-order valence-corrected chi connectivity index (χ1v) is 9.30. The third kappa shape index (κ3) is 3.61. The highest BCUT2D eigenvalue weighted by Crippen LogP contribution is 2.23. The van der Waals surface area contributed by atoms with Crippen LogP contribution in [0.5, 0.6) is 0 Å². The zero-order valence-electron chi connectivity index (χ0n) is 14.4. The maximum atomic E-state index is 12.4. The number of carbonyl (C=O) groups excluding carboxylic acids is 1. The van der Waals surface area contributed by atoms with E-state index in [4.69, 9.17) is 0 Å². The second-order valence-electron chi connectivity index (χ2n) is 6.44. The van der Waals surface area contributed by atoms with Crippen molar-refractivity contribution in [3.05, 3.63) is 29.3 Å². The molecule has 0 radical (unpaired) electrons. The summed E-state index contributed by atoms with van der Waals surface area (Å²) in [5.74, 6) is 1.26. The Morgan fingerprint density at radius 1 is 1.29 bits per heavy atom. The van der Waals surface area contributed by atoms with Gasteiger partial charge in [0.1, 0.15) is 0 Å². The van der Waals surface area contributed by atoms with Crippen LogP contribution in [0.2, 0.25) is 0 Å². The summed E-state index contributed by atoms with van der Waals surface area (Å²) in [4.78, 5) is 14.4. The van der Waals surface area contributed by atoms with Crippen molar-refractivity contribution in [3.8, 4) is 5.69 Å². The SMILES string of the molecule is Cc1cccc(-n2nnnc2SCC(=O)N2CCC(C)CC2)c1C. The molecule has 0 aliphatic carbocycles. The minimum absolute atomic E-state index is 0.169. The summed E-state index contributed by atoms with van der Waals surface area (Å²) in [6, 6.07) is 6.06. The monoisotopic (exact) mass is 345 g/mol. The van der Waals surface area contributed by atoms with E-state index in [0.29, 0.717) is 10.9 Å². The fourth-order valence-electron chi connectivity index (χ4n) is 2.86. The Hall–Kier alpha value is -1.89. The zero-order valence-corrected chi connectivity index (χ0v) is 15.2. The Morgan fingerprint density at radius 3 is 2.79 bits per heavy atom. The molecule has 1 saturated heterocycles. The van der Waals surface area contributed by atoms with Crippen molar-refractivity contribution in [2.24, 2.45) is 5.92 Å². The van der Waals surface area contributed by atoms with E-state index in [1.54, 1.807) is 4.68 Å². The van der Waals surface area contributed by atoms with Gasteiger partial charge in [-0.3, -0.25) is 4.79 Å². The van der Waals surface area contributed by atoms with Crippen LogP contribution in [-0.4, -0.2) is 49.9 Å². The number of likely N-dealkylation sites (tertiary alicyclic amines) is 1. The zero-order chi connectivity index (χ0) is 17.1. The fraction of sp³-hybridized carbons (Fsp3) is 0.529. The lowest BCUT2D eigenvalue weighted by Crippen LogP contribution is -2.38. The number of aryl methyl sites for hydroxylation is 1. The van der Waals surface area contributed by atoms with Crippen molar-refractivity contribution in [1.29, 1.82) is 0 Å². The molecule has 1 aromatic heterocycles. The van der Waals surface area contributed by atoms with Crippen LogP contribution in [-0.2, 0) is 4.79 Å². The van der Waals surface area contributed by atoms with Gasteiger partial charge in [0.2, 0.25) is 11.1 Å². The topological polar surface area (TPSA) is 63.9 Å². The molecule has 1 aliphatic rings. The lowest BCUT2D eigenvalue weighted by molar-refractivity contribution is -0.129. The van der Waals surface area contributed by atoms with Gasteiger partial charge in [-0.05, 0) is 60.2 Å². The van der Waals surface area contributed by atoms with E-state index in [0.717, 1.165) is 43.1 Å². The number of piperidine rings is 1. The molecule has 0 spiro atoms. The van der Waals surface area contributed by atoms with Crippen LogP contribution in [0.25, 0.3) is 5.69 Å². The van der Waals surface area contributed by atoms with Crippen molar-refractivity contribution in [3.63, 3.8) is 0 Å². The van der Waals surface area contributed by atoms with Gasteiger partial charge in [-0.25, -0.2) is 0 Å². The summed E-state index contributed by atoms with van der Waals surface area (Å²) in [5.41, 5.74) is 3.29. The molecule has 24 heavy (non-hydrogen) atoms. The van der Waals surface area contributed by atoms with Crippen LogP contribution < -0.4 is 0 Å². The summed E-state index contributed by atoms with van der Waals surface area (Å²) in [6.07, 6.45) is 2.19. The molecule has 1 fully saturated rings. The quantitative estimate of drug-likeness (QED) is 0.797. The Balaban J connectivity index is 1.68. The van der Waals surface area contributed by atoms with Crippen molar-refractivity contribution in [2.75, 3.05) is 18.8 Å². The number of hydrogen-bond acceptors (Lipinski definition) is 5. The average Bonchev–Trinajstić information content (AvgIpc) is 3.04. The van der Waals surface area contributed by atoms with Crippen LogP contribution in [0.1, 0.15) is 30.9 Å². The molecule has 6 nitrogen and oxygen atoms in total. The molecule has 3 rings (SSSR count). The minimum Gasteiger partial charge on any atom is -0.342 e. The molecule has 0 unspecified atom stereocenters. The number of amides is 1. The lowest BCUT2D eigenvalue weighted by Gasteiger charge is -2.30. The lowest BCUT2D eigenvalue weighted by atomic mass is 9.99. The number of benzene rings is 1. The Kier molecular flexibility index (Phi) is 5.18. The van der Waals surface area contributed by atoms with E-state index >= 15 is 0 Å². The molecule has 2 aromatic rings. The van der Waals surface area contributed by atoms with E-state index in [9.17, 15) is 4.79 Å². The molecule has 0 bridgehead atoms. The number of hydrogen-bond donors (Lipinski definition) is 0. The first kappa shape index (κ1) is 17.0. The normalized spacial score (nSPS) is 15.7. The van der Waals surface area contributed by atoms with Gasteiger partial charge in [0.15, 0.2) is 0 Å². The summed E-state index contributed by atoms with van der Waals surface area (Å²) < 4.78 is 1.72. The number of tetrazole rings is 1. The predicted octanol–water partition coefficient (Wildman–Crippen LogP) is 2.63. The molecule has 1 aromatic carbocycles. The van der Waals surface area contributed by atoms with Gasteiger partial charge in [-0.1, -0.05) is 30.8 Å². The Morgan fingerprint density at radius 2 is 2.04 bits per heavy atom. The largest absolute Gasteiger partial charge is 0.342 e. The molecule has 7 heteroatoms. The predicted molar refractivity (Wildman–Crippen MR) is 94.3 cm³/mol.